The molecule has 0 spiro atoms. The molecule has 0 aliphatic carbocycles. The molecule has 0 aliphatic heterocycles. The molecule has 0 saturated carbocycles. The molecular formula is C14H11ClN4S. The summed E-state index contributed by atoms with van der Waals surface area (Å²) in [6.45, 7) is 0.645. The monoisotopic (exact) mass is 302 g/mol. The SMILES string of the molecule is Clc1ccc(NCc2csc(-c3ccccn3)n2)cn1. The number of pyridine rings is 2. The van der Waals surface area contributed by atoms with Crippen LogP contribution in [0.25, 0.3) is 10.7 Å². The molecule has 0 radical (unpaired) electrons. The highest BCUT2D eigenvalue weighted by atomic mass is 35.5. The van der Waals surface area contributed by atoms with E-state index in [4.69, 9.17) is 11.6 Å². The molecule has 3 rings (SSSR count). The zero-order chi connectivity index (χ0) is 13.8. The molecule has 1 N–H and O–H groups in total. The van der Waals surface area contributed by atoms with Crippen molar-refractivity contribution in [3.8, 4) is 10.7 Å². The minimum absolute atomic E-state index is 0.488. The molecule has 0 amide bonds. The number of halogens is 1. The number of aromatic nitrogens is 3. The smallest absolute Gasteiger partial charge is 0.142 e. The Morgan fingerprint density at radius 1 is 1.15 bits per heavy atom. The van der Waals surface area contributed by atoms with Gasteiger partial charge in [-0.3, -0.25) is 4.98 Å². The fourth-order valence-electron chi connectivity index (χ4n) is 1.67. The van der Waals surface area contributed by atoms with Gasteiger partial charge in [0.15, 0.2) is 0 Å². The predicted octanol–water partition coefficient (Wildman–Crippen LogP) is 3.87. The lowest BCUT2D eigenvalue weighted by Crippen LogP contribution is -2.00. The molecule has 3 aromatic heterocycles. The Hall–Kier alpha value is -1.98. The van der Waals surface area contributed by atoms with Crippen molar-refractivity contribution in [1.29, 1.82) is 0 Å². The molecular weight excluding hydrogens is 292 g/mol. The Bertz CT molecular complexity index is 682. The maximum atomic E-state index is 5.74. The largest absolute Gasteiger partial charge is 0.378 e. The van der Waals surface area contributed by atoms with E-state index < -0.39 is 0 Å². The summed E-state index contributed by atoms with van der Waals surface area (Å²) in [6.07, 6.45) is 3.47. The van der Waals surface area contributed by atoms with Gasteiger partial charge in [0.25, 0.3) is 0 Å². The summed E-state index contributed by atoms with van der Waals surface area (Å²) < 4.78 is 0. The Kier molecular flexibility index (Phi) is 3.90. The quantitative estimate of drug-likeness (QED) is 0.743. The maximum absolute atomic E-state index is 5.74. The highest BCUT2D eigenvalue weighted by molar-refractivity contribution is 7.13. The van der Waals surface area contributed by atoms with Gasteiger partial charge in [-0.1, -0.05) is 17.7 Å². The molecule has 0 atom stereocenters. The Labute approximate surface area is 125 Å². The van der Waals surface area contributed by atoms with Crippen molar-refractivity contribution in [3.05, 3.63) is 59.0 Å². The number of nitrogens with one attached hydrogen (secondary N) is 1. The summed E-state index contributed by atoms with van der Waals surface area (Å²) in [6, 6.07) is 9.46. The van der Waals surface area contributed by atoms with Crippen LogP contribution in [0.3, 0.4) is 0 Å². The molecule has 6 heteroatoms. The lowest BCUT2D eigenvalue weighted by Gasteiger charge is -2.03. The van der Waals surface area contributed by atoms with E-state index in [0.717, 1.165) is 22.1 Å². The first kappa shape index (κ1) is 13.0. The van der Waals surface area contributed by atoms with E-state index in [1.54, 1.807) is 29.8 Å². The first-order valence-electron chi connectivity index (χ1n) is 6.02. The molecule has 0 aliphatic rings. The topological polar surface area (TPSA) is 50.7 Å². The van der Waals surface area contributed by atoms with Crippen molar-refractivity contribution < 1.29 is 0 Å². The minimum Gasteiger partial charge on any atom is -0.378 e. The van der Waals surface area contributed by atoms with Crippen LogP contribution in [0.15, 0.2) is 48.1 Å². The molecule has 20 heavy (non-hydrogen) atoms. The van der Waals surface area contributed by atoms with Gasteiger partial charge in [0.1, 0.15) is 10.2 Å². The number of hydrogen-bond donors (Lipinski definition) is 1. The van der Waals surface area contributed by atoms with Crippen molar-refractivity contribution in [1.82, 2.24) is 15.0 Å². The van der Waals surface area contributed by atoms with Crippen molar-refractivity contribution in [3.63, 3.8) is 0 Å². The molecule has 0 aromatic carbocycles. The van der Waals surface area contributed by atoms with E-state index in [0.29, 0.717) is 11.7 Å². The van der Waals surface area contributed by atoms with Crippen molar-refractivity contribution in [2.45, 2.75) is 6.54 Å². The van der Waals surface area contributed by atoms with Gasteiger partial charge in [-0.2, -0.15) is 0 Å². The fraction of sp³-hybridized carbons (Fsp3) is 0.0714. The van der Waals surface area contributed by atoms with Gasteiger partial charge in [0.2, 0.25) is 0 Å². The number of nitrogens with zero attached hydrogens (tertiary/aromatic N) is 3. The van der Waals surface area contributed by atoms with Crippen molar-refractivity contribution in [2.24, 2.45) is 0 Å². The Balaban J connectivity index is 1.67. The number of thiazole rings is 1. The zero-order valence-electron chi connectivity index (χ0n) is 10.5. The number of anilines is 1. The highest BCUT2D eigenvalue weighted by Gasteiger charge is 2.05. The van der Waals surface area contributed by atoms with E-state index in [1.807, 2.05) is 29.6 Å². The molecule has 0 bridgehead atoms. The lowest BCUT2D eigenvalue weighted by atomic mass is 10.3. The van der Waals surface area contributed by atoms with Gasteiger partial charge in [-0.25, -0.2) is 9.97 Å². The summed E-state index contributed by atoms with van der Waals surface area (Å²) in [4.78, 5) is 12.9. The van der Waals surface area contributed by atoms with Crippen LogP contribution in [-0.2, 0) is 6.54 Å². The van der Waals surface area contributed by atoms with Crippen LogP contribution in [-0.4, -0.2) is 15.0 Å². The minimum atomic E-state index is 0.488. The van der Waals surface area contributed by atoms with E-state index in [2.05, 4.69) is 20.3 Å². The van der Waals surface area contributed by atoms with E-state index >= 15 is 0 Å². The van der Waals surface area contributed by atoms with Crippen LogP contribution >= 0.6 is 22.9 Å². The third-order valence-electron chi connectivity index (χ3n) is 2.64. The normalized spacial score (nSPS) is 10.4. The summed E-state index contributed by atoms with van der Waals surface area (Å²) >= 11 is 7.33. The molecule has 3 aromatic rings. The molecule has 0 unspecified atom stereocenters. The lowest BCUT2D eigenvalue weighted by molar-refractivity contribution is 1.07. The van der Waals surface area contributed by atoms with Crippen LogP contribution in [0.4, 0.5) is 5.69 Å². The average Bonchev–Trinajstić information content (AvgIpc) is 2.97. The van der Waals surface area contributed by atoms with Gasteiger partial charge < -0.3 is 5.32 Å². The molecule has 0 fully saturated rings. The van der Waals surface area contributed by atoms with Gasteiger partial charge in [-0.05, 0) is 24.3 Å². The zero-order valence-corrected chi connectivity index (χ0v) is 12.0. The third kappa shape index (κ3) is 3.12. The summed E-state index contributed by atoms with van der Waals surface area (Å²) in [5.41, 5.74) is 2.80. The number of hydrogen-bond acceptors (Lipinski definition) is 5. The van der Waals surface area contributed by atoms with Gasteiger partial charge in [-0.15, -0.1) is 11.3 Å². The van der Waals surface area contributed by atoms with Gasteiger partial charge in [0.05, 0.1) is 29.8 Å². The predicted molar refractivity (Wildman–Crippen MR) is 81.9 cm³/mol. The standard InChI is InChI=1S/C14H11ClN4S/c15-13-5-4-10(7-18-13)17-8-11-9-20-14(19-11)12-3-1-2-6-16-12/h1-7,9,17H,8H2. The van der Waals surface area contributed by atoms with Crippen LogP contribution in [0.2, 0.25) is 5.15 Å². The Morgan fingerprint density at radius 2 is 2.10 bits per heavy atom. The second kappa shape index (κ2) is 5.98. The highest BCUT2D eigenvalue weighted by Crippen LogP contribution is 2.21. The van der Waals surface area contributed by atoms with Crippen molar-refractivity contribution in [2.75, 3.05) is 5.32 Å². The summed E-state index contributed by atoms with van der Waals surface area (Å²) in [5, 5.41) is 6.70. The molecule has 100 valence electrons. The van der Waals surface area contributed by atoms with Gasteiger partial charge >= 0.3 is 0 Å². The molecule has 0 saturated heterocycles. The first-order valence-corrected chi connectivity index (χ1v) is 7.28. The molecule has 4 nitrogen and oxygen atoms in total. The second-order valence-corrected chi connectivity index (χ2v) is 5.33. The average molecular weight is 303 g/mol. The Morgan fingerprint density at radius 3 is 2.85 bits per heavy atom. The van der Waals surface area contributed by atoms with E-state index in [-0.39, 0.29) is 0 Å². The van der Waals surface area contributed by atoms with Crippen LogP contribution in [0.1, 0.15) is 5.69 Å². The van der Waals surface area contributed by atoms with Crippen LogP contribution < -0.4 is 5.32 Å². The molecule has 3 heterocycles. The summed E-state index contributed by atoms with van der Waals surface area (Å²) in [7, 11) is 0. The van der Waals surface area contributed by atoms with E-state index in [1.165, 1.54) is 0 Å². The maximum Gasteiger partial charge on any atom is 0.142 e. The second-order valence-electron chi connectivity index (χ2n) is 4.08. The first-order chi connectivity index (χ1) is 9.81. The number of rotatable bonds is 4. The summed E-state index contributed by atoms with van der Waals surface area (Å²) in [5.74, 6) is 0. The van der Waals surface area contributed by atoms with E-state index in [9.17, 15) is 0 Å². The van der Waals surface area contributed by atoms with Crippen LogP contribution in [0, 0.1) is 0 Å². The third-order valence-corrected chi connectivity index (χ3v) is 3.77. The van der Waals surface area contributed by atoms with Gasteiger partial charge in [0, 0.05) is 11.6 Å². The van der Waals surface area contributed by atoms with Crippen molar-refractivity contribution >= 4 is 28.6 Å². The fourth-order valence-corrected chi connectivity index (χ4v) is 2.58. The van der Waals surface area contributed by atoms with Crippen LogP contribution in [0.5, 0.6) is 0 Å².